The van der Waals surface area contributed by atoms with Crippen LogP contribution in [0.2, 0.25) is 0 Å². The van der Waals surface area contributed by atoms with Crippen LogP contribution in [-0.2, 0) is 0 Å². The van der Waals surface area contributed by atoms with Crippen molar-refractivity contribution in [2.24, 2.45) is 0 Å². The molecule has 2 aromatic rings. The lowest BCUT2D eigenvalue weighted by atomic mass is 10.2. The molecule has 0 atom stereocenters. The summed E-state index contributed by atoms with van der Waals surface area (Å²) in [5.41, 5.74) is 0.433. The smallest absolute Gasteiger partial charge is 0.207 e. The van der Waals surface area contributed by atoms with E-state index >= 15 is 0 Å². The van der Waals surface area contributed by atoms with Crippen LogP contribution >= 0.6 is 0 Å². The van der Waals surface area contributed by atoms with Gasteiger partial charge in [0.2, 0.25) is 5.82 Å². The molecule has 0 aliphatic heterocycles. The summed E-state index contributed by atoms with van der Waals surface area (Å²) in [4.78, 5) is 0. The maximum absolute atomic E-state index is 13.1. The van der Waals surface area contributed by atoms with Crippen molar-refractivity contribution >= 4 is 0 Å². The van der Waals surface area contributed by atoms with Crippen molar-refractivity contribution in [1.82, 2.24) is 20.4 Å². The van der Waals surface area contributed by atoms with E-state index in [1.54, 1.807) is 6.92 Å². The van der Waals surface area contributed by atoms with Gasteiger partial charge in [0.1, 0.15) is 11.6 Å². The van der Waals surface area contributed by atoms with Crippen LogP contribution < -0.4 is 4.74 Å². The first-order chi connectivity index (χ1) is 7.70. The van der Waals surface area contributed by atoms with E-state index in [1.807, 2.05) is 0 Å². The molecule has 16 heavy (non-hydrogen) atoms. The van der Waals surface area contributed by atoms with Gasteiger partial charge in [-0.2, -0.15) is 0 Å². The van der Waals surface area contributed by atoms with E-state index in [0.717, 1.165) is 0 Å². The Bertz CT molecular complexity index is 501. The molecule has 0 fully saturated rings. The molecule has 1 heterocycles. The molecule has 0 saturated carbocycles. The number of aromatic nitrogens is 4. The zero-order valence-corrected chi connectivity index (χ0v) is 8.81. The van der Waals surface area contributed by atoms with Gasteiger partial charge >= 0.3 is 0 Å². The molecule has 0 radical (unpaired) electrons. The third kappa shape index (κ3) is 1.95. The Morgan fingerprint density at radius 1 is 1.12 bits per heavy atom. The van der Waals surface area contributed by atoms with E-state index in [1.165, 1.54) is 25.3 Å². The fraction of sp³-hybridized carbons (Fsp3) is 0.200. The maximum Gasteiger partial charge on any atom is 0.207 e. The quantitative estimate of drug-likeness (QED) is 0.765. The fourth-order valence-electron chi connectivity index (χ4n) is 1.24. The Morgan fingerprint density at radius 2 is 1.81 bits per heavy atom. The molecule has 2 rings (SSSR count). The van der Waals surface area contributed by atoms with Crippen LogP contribution in [0.25, 0.3) is 11.4 Å². The Kier molecular flexibility index (Phi) is 2.72. The van der Waals surface area contributed by atoms with Gasteiger partial charge in [-0.05, 0) is 25.1 Å². The molecular formula is C10H9FN4O. The van der Waals surface area contributed by atoms with Gasteiger partial charge in [0.05, 0.1) is 12.7 Å². The molecule has 6 heteroatoms. The van der Waals surface area contributed by atoms with Gasteiger partial charge in [0.25, 0.3) is 0 Å². The molecule has 0 aliphatic rings. The Morgan fingerprint density at radius 3 is 2.44 bits per heavy atom. The number of rotatable bonds is 2. The number of ether oxygens (including phenoxy) is 1. The molecule has 0 amide bonds. The van der Waals surface area contributed by atoms with Gasteiger partial charge in [-0.15, -0.1) is 20.4 Å². The van der Waals surface area contributed by atoms with Gasteiger partial charge in [-0.1, -0.05) is 0 Å². The lowest BCUT2D eigenvalue weighted by Gasteiger charge is -2.05. The molecule has 0 aliphatic carbocycles. The topological polar surface area (TPSA) is 60.8 Å². The minimum absolute atomic E-state index is 0.238. The second kappa shape index (κ2) is 4.18. The van der Waals surface area contributed by atoms with Gasteiger partial charge in [0, 0.05) is 0 Å². The standard InChI is InChI=1S/C10H9FN4O/c1-6-12-14-10(15-13-6)8-5-7(11)3-4-9(8)16-2/h3-5H,1-2H3. The van der Waals surface area contributed by atoms with E-state index in [0.29, 0.717) is 17.1 Å². The van der Waals surface area contributed by atoms with E-state index in [2.05, 4.69) is 20.4 Å². The molecule has 1 aromatic heterocycles. The predicted octanol–water partition coefficient (Wildman–Crippen LogP) is 1.39. The zero-order valence-electron chi connectivity index (χ0n) is 8.81. The molecule has 0 N–H and O–H groups in total. The first-order valence-electron chi connectivity index (χ1n) is 4.58. The van der Waals surface area contributed by atoms with Crippen LogP contribution in [0.1, 0.15) is 5.82 Å². The highest BCUT2D eigenvalue weighted by molar-refractivity contribution is 5.63. The Balaban J connectivity index is 2.53. The van der Waals surface area contributed by atoms with Gasteiger partial charge in [0.15, 0.2) is 5.82 Å². The lowest BCUT2D eigenvalue weighted by molar-refractivity contribution is 0.415. The van der Waals surface area contributed by atoms with Crippen LogP contribution in [-0.4, -0.2) is 27.5 Å². The lowest BCUT2D eigenvalue weighted by Crippen LogP contribution is -2.00. The van der Waals surface area contributed by atoms with Crippen LogP contribution in [0.3, 0.4) is 0 Å². The number of aryl methyl sites for hydroxylation is 1. The van der Waals surface area contributed by atoms with E-state index in [9.17, 15) is 4.39 Å². The molecule has 0 unspecified atom stereocenters. The van der Waals surface area contributed by atoms with Crippen molar-refractivity contribution in [2.45, 2.75) is 6.92 Å². The first kappa shape index (κ1) is 10.4. The summed E-state index contributed by atoms with van der Waals surface area (Å²) in [6, 6.07) is 4.10. The van der Waals surface area contributed by atoms with Gasteiger partial charge < -0.3 is 4.74 Å². The van der Waals surface area contributed by atoms with Crippen molar-refractivity contribution < 1.29 is 9.13 Å². The zero-order chi connectivity index (χ0) is 11.5. The summed E-state index contributed by atoms with van der Waals surface area (Å²) >= 11 is 0. The van der Waals surface area contributed by atoms with Crippen molar-refractivity contribution in [3.63, 3.8) is 0 Å². The van der Waals surface area contributed by atoms with Crippen LogP contribution in [0.5, 0.6) is 5.75 Å². The third-order valence-corrected chi connectivity index (χ3v) is 1.98. The van der Waals surface area contributed by atoms with Crippen molar-refractivity contribution in [3.8, 4) is 17.1 Å². The van der Waals surface area contributed by atoms with E-state index in [-0.39, 0.29) is 11.6 Å². The Hall–Kier alpha value is -2.11. The number of halogens is 1. The first-order valence-corrected chi connectivity index (χ1v) is 4.58. The molecule has 0 spiro atoms. The largest absolute Gasteiger partial charge is 0.496 e. The van der Waals surface area contributed by atoms with E-state index in [4.69, 9.17) is 4.74 Å². The number of benzene rings is 1. The average molecular weight is 220 g/mol. The summed E-state index contributed by atoms with van der Waals surface area (Å²) < 4.78 is 18.2. The minimum Gasteiger partial charge on any atom is -0.496 e. The third-order valence-electron chi connectivity index (χ3n) is 1.98. The molecule has 82 valence electrons. The molecule has 1 aromatic carbocycles. The van der Waals surface area contributed by atoms with Crippen LogP contribution in [0.15, 0.2) is 18.2 Å². The SMILES string of the molecule is COc1ccc(F)cc1-c1nnc(C)nn1. The van der Waals surface area contributed by atoms with E-state index < -0.39 is 0 Å². The summed E-state index contributed by atoms with van der Waals surface area (Å²) in [7, 11) is 1.49. The highest BCUT2D eigenvalue weighted by Crippen LogP contribution is 2.26. The highest BCUT2D eigenvalue weighted by Gasteiger charge is 2.10. The highest BCUT2D eigenvalue weighted by atomic mass is 19.1. The summed E-state index contributed by atoms with van der Waals surface area (Å²) in [6.07, 6.45) is 0. The number of hydrogen-bond donors (Lipinski definition) is 0. The van der Waals surface area contributed by atoms with Crippen molar-refractivity contribution in [1.29, 1.82) is 0 Å². The summed E-state index contributed by atoms with van der Waals surface area (Å²) in [5.74, 6) is 0.787. The predicted molar refractivity (Wildman–Crippen MR) is 54.3 cm³/mol. The minimum atomic E-state index is -0.389. The molecule has 0 bridgehead atoms. The van der Waals surface area contributed by atoms with Gasteiger partial charge in [-0.25, -0.2) is 4.39 Å². The second-order valence-corrected chi connectivity index (χ2v) is 3.12. The average Bonchev–Trinajstić information content (AvgIpc) is 2.30. The summed E-state index contributed by atoms with van der Waals surface area (Å²) in [5, 5.41) is 15.2. The summed E-state index contributed by atoms with van der Waals surface area (Å²) in [6.45, 7) is 1.67. The number of methoxy groups -OCH3 is 1. The van der Waals surface area contributed by atoms with Crippen LogP contribution in [0, 0.1) is 12.7 Å². The monoisotopic (exact) mass is 220 g/mol. The second-order valence-electron chi connectivity index (χ2n) is 3.12. The molecule has 0 saturated heterocycles. The number of nitrogens with zero attached hydrogens (tertiary/aromatic N) is 4. The van der Waals surface area contributed by atoms with Gasteiger partial charge in [-0.3, -0.25) is 0 Å². The normalized spacial score (nSPS) is 10.2. The molecule has 5 nitrogen and oxygen atoms in total. The van der Waals surface area contributed by atoms with Crippen molar-refractivity contribution in [3.05, 3.63) is 29.8 Å². The molecular weight excluding hydrogens is 211 g/mol. The number of hydrogen-bond acceptors (Lipinski definition) is 5. The maximum atomic E-state index is 13.1. The fourth-order valence-corrected chi connectivity index (χ4v) is 1.24. The Labute approximate surface area is 91.3 Å². The van der Waals surface area contributed by atoms with Crippen molar-refractivity contribution in [2.75, 3.05) is 7.11 Å². The van der Waals surface area contributed by atoms with Crippen LogP contribution in [0.4, 0.5) is 4.39 Å².